The van der Waals surface area contributed by atoms with E-state index in [0.717, 1.165) is 26.2 Å². The Bertz CT molecular complexity index is 63.9. The van der Waals surface area contributed by atoms with Gasteiger partial charge in [0.05, 0.1) is 0 Å². The summed E-state index contributed by atoms with van der Waals surface area (Å²) in [7, 11) is 6.13. The Morgan fingerprint density at radius 3 is 2.30 bits per heavy atom. The highest BCUT2D eigenvalue weighted by atomic mass is 15.1. The Morgan fingerprint density at radius 1 is 1.10 bits per heavy atom. The maximum atomic E-state index is 3.31. The highest BCUT2D eigenvalue weighted by molar-refractivity contribution is 4.51. The number of likely N-dealkylation sites (N-methyl/N-ethyl adjacent to an activating group) is 2. The normalized spacial score (nSPS) is 10.8. The van der Waals surface area contributed by atoms with Gasteiger partial charge in [-0.1, -0.05) is 0 Å². The lowest BCUT2D eigenvalue weighted by Crippen LogP contribution is -2.31. The minimum Gasteiger partial charge on any atom is -0.318 e. The van der Waals surface area contributed by atoms with Gasteiger partial charge < -0.3 is 15.5 Å². The molecule has 3 nitrogen and oxygen atoms in total. The van der Waals surface area contributed by atoms with Crippen molar-refractivity contribution in [3.05, 3.63) is 0 Å². The lowest BCUT2D eigenvalue weighted by Gasteiger charge is -2.09. The maximum absolute atomic E-state index is 3.31. The quantitative estimate of drug-likeness (QED) is 0.487. The fourth-order valence-electron chi connectivity index (χ4n) is 0.641. The second kappa shape index (κ2) is 6.99. The molecule has 3 heteroatoms. The van der Waals surface area contributed by atoms with Crippen molar-refractivity contribution >= 4 is 0 Å². The lowest BCUT2D eigenvalue weighted by atomic mass is 10.5. The smallest absolute Gasteiger partial charge is 0.0101 e. The molecule has 0 aromatic heterocycles. The lowest BCUT2D eigenvalue weighted by molar-refractivity contribution is 0.400. The van der Waals surface area contributed by atoms with E-state index in [1.54, 1.807) is 0 Å². The zero-order valence-corrected chi connectivity index (χ0v) is 7.28. The summed E-state index contributed by atoms with van der Waals surface area (Å²) in [4.78, 5) is 2.17. The van der Waals surface area contributed by atoms with E-state index in [1.807, 2.05) is 7.05 Å². The summed E-state index contributed by atoms with van der Waals surface area (Å²) >= 11 is 0. The Balaban J connectivity index is 2.77. The Hall–Kier alpha value is -0.120. The van der Waals surface area contributed by atoms with Crippen molar-refractivity contribution in [3.8, 4) is 0 Å². The first-order valence-electron chi connectivity index (χ1n) is 3.77. The topological polar surface area (TPSA) is 27.3 Å². The van der Waals surface area contributed by atoms with Crippen LogP contribution in [0.5, 0.6) is 0 Å². The molecule has 0 atom stereocenters. The van der Waals surface area contributed by atoms with E-state index in [2.05, 4.69) is 29.6 Å². The van der Waals surface area contributed by atoms with Crippen LogP contribution in [-0.4, -0.2) is 52.2 Å². The van der Waals surface area contributed by atoms with E-state index in [-0.39, 0.29) is 0 Å². The highest BCUT2D eigenvalue weighted by Gasteiger charge is 1.87. The molecular formula is C7H19N3. The molecule has 0 radical (unpaired) electrons. The second-order valence-electron chi connectivity index (χ2n) is 2.66. The molecule has 0 aromatic carbocycles. The van der Waals surface area contributed by atoms with Crippen molar-refractivity contribution in [1.29, 1.82) is 0 Å². The largest absolute Gasteiger partial charge is 0.318 e. The van der Waals surface area contributed by atoms with Gasteiger partial charge in [0.1, 0.15) is 0 Å². The molecule has 0 bridgehead atoms. The Morgan fingerprint density at radius 2 is 1.80 bits per heavy atom. The second-order valence-corrected chi connectivity index (χ2v) is 2.66. The van der Waals surface area contributed by atoms with Crippen LogP contribution >= 0.6 is 0 Å². The van der Waals surface area contributed by atoms with Crippen molar-refractivity contribution in [2.45, 2.75) is 0 Å². The molecule has 10 heavy (non-hydrogen) atoms. The van der Waals surface area contributed by atoms with Crippen LogP contribution in [0.15, 0.2) is 0 Å². The van der Waals surface area contributed by atoms with Crippen molar-refractivity contribution in [2.24, 2.45) is 0 Å². The molecule has 0 saturated carbocycles. The third-order valence-electron chi connectivity index (χ3n) is 1.29. The molecule has 0 amide bonds. The van der Waals surface area contributed by atoms with E-state index < -0.39 is 0 Å². The van der Waals surface area contributed by atoms with E-state index in [1.165, 1.54) is 0 Å². The van der Waals surface area contributed by atoms with Gasteiger partial charge in [0.25, 0.3) is 0 Å². The third kappa shape index (κ3) is 7.88. The summed E-state index contributed by atoms with van der Waals surface area (Å²) in [6.45, 7) is 4.30. The SMILES string of the molecule is CNCCNCCN(C)C. The van der Waals surface area contributed by atoms with Gasteiger partial charge in [-0.2, -0.15) is 0 Å². The van der Waals surface area contributed by atoms with Gasteiger partial charge in [-0.3, -0.25) is 0 Å². The molecule has 0 aliphatic carbocycles. The van der Waals surface area contributed by atoms with Crippen LogP contribution in [0, 0.1) is 0 Å². The van der Waals surface area contributed by atoms with Crippen molar-refractivity contribution < 1.29 is 0 Å². The maximum Gasteiger partial charge on any atom is 0.0101 e. The summed E-state index contributed by atoms with van der Waals surface area (Å²) in [5, 5.41) is 6.39. The average molecular weight is 145 g/mol. The minimum atomic E-state index is 1.05. The van der Waals surface area contributed by atoms with E-state index in [0.29, 0.717) is 0 Å². The summed E-state index contributed by atoms with van der Waals surface area (Å²) < 4.78 is 0. The summed E-state index contributed by atoms with van der Waals surface area (Å²) in [6.07, 6.45) is 0. The predicted molar refractivity (Wildman–Crippen MR) is 45.4 cm³/mol. The molecule has 2 N–H and O–H groups in total. The molecule has 62 valence electrons. The first kappa shape index (κ1) is 9.88. The van der Waals surface area contributed by atoms with Crippen molar-refractivity contribution in [2.75, 3.05) is 47.3 Å². The predicted octanol–water partition coefficient (Wildman–Crippen LogP) is -0.643. The first-order valence-corrected chi connectivity index (χ1v) is 3.77. The number of nitrogens with one attached hydrogen (secondary N) is 2. The molecule has 0 aromatic rings. The van der Waals surface area contributed by atoms with Gasteiger partial charge in [0.15, 0.2) is 0 Å². The van der Waals surface area contributed by atoms with Crippen LogP contribution in [0.2, 0.25) is 0 Å². The zero-order chi connectivity index (χ0) is 7.82. The zero-order valence-electron chi connectivity index (χ0n) is 7.28. The first-order chi connectivity index (χ1) is 4.77. The van der Waals surface area contributed by atoms with E-state index in [9.17, 15) is 0 Å². The van der Waals surface area contributed by atoms with Crippen LogP contribution in [0.4, 0.5) is 0 Å². The van der Waals surface area contributed by atoms with Gasteiger partial charge in [-0.25, -0.2) is 0 Å². The van der Waals surface area contributed by atoms with Crippen LogP contribution in [-0.2, 0) is 0 Å². The summed E-state index contributed by atoms with van der Waals surface area (Å²) in [5.41, 5.74) is 0. The number of hydrogen-bond donors (Lipinski definition) is 2. The molecule has 0 rings (SSSR count). The fraction of sp³-hybridized carbons (Fsp3) is 1.00. The Labute approximate surface area is 63.8 Å². The molecule has 0 heterocycles. The molecule has 0 saturated heterocycles. The van der Waals surface area contributed by atoms with Crippen LogP contribution < -0.4 is 10.6 Å². The van der Waals surface area contributed by atoms with Gasteiger partial charge in [0, 0.05) is 26.2 Å². The molecule has 0 aliphatic rings. The van der Waals surface area contributed by atoms with Gasteiger partial charge in [-0.15, -0.1) is 0 Å². The van der Waals surface area contributed by atoms with Crippen LogP contribution in [0.25, 0.3) is 0 Å². The monoisotopic (exact) mass is 145 g/mol. The van der Waals surface area contributed by atoms with E-state index in [4.69, 9.17) is 0 Å². The molecule has 0 aliphatic heterocycles. The van der Waals surface area contributed by atoms with Crippen LogP contribution in [0.3, 0.4) is 0 Å². The average Bonchev–Trinajstić information content (AvgIpc) is 1.87. The molecule has 0 unspecified atom stereocenters. The van der Waals surface area contributed by atoms with Crippen molar-refractivity contribution in [1.82, 2.24) is 15.5 Å². The standard InChI is InChI=1S/C7H19N3/c1-8-4-5-9-6-7-10(2)3/h8-9H,4-7H2,1-3H3. The number of rotatable bonds is 6. The third-order valence-corrected chi connectivity index (χ3v) is 1.29. The minimum absolute atomic E-state index is 1.05. The Kier molecular flexibility index (Phi) is 6.91. The molecular weight excluding hydrogens is 126 g/mol. The molecule has 0 fully saturated rings. The highest BCUT2D eigenvalue weighted by Crippen LogP contribution is 1.69. The van der Waals surface area contributed by atoms with Gasteiger partial charge >= 0.3 is 0 Å². The fourth-order valence-corrected chi connectivity index (χ4v) is 0.641. The number of nitrogens with zero attached hydrogens (tertiary/aromatic N) is 1. The number of hydrogen-bond acceptors (Lipinski definition) is 3. The summed E-state index contributed by atoms with van der Waals surface area (Å²) in [6, 6.07) is 0. The van der Waals surface area contributed by atoms with Gasteiger partial charge in [-0.05, 0) is 21.1 Å². The molecule has 0 spiro atoms. The van der Waals surface area contributed by atoms with Crippen LogP contribution in [0.1, 0.15) is 0 Å². The summed E-state index contributed by atoms with van der Waals surface area (Å²) in [5.74, 6) is 0. The van der Waals surface area contributed by atoms with E-state index >= 15 is 0 Å². The van der Waals surface area contributed by atoms with Crippen molar-refractivity contribution in [3.63, 3.8) is 0 Å². The van der Waals surface area contributed by atoms with Gasteiger partial charge in [0.2, 0.25) is 0 Å².